The molecule has 0 aliphatic rings. The second-order valence-corrected chi connectivity index (χ2v) is 4.09. The minimum Gasteiger partial charge on any atom is -0.393 e. The Hall–Kier alpha value is -0.830. The lowest BCUT2D eigenvalue weighted by Crippen LogP contribution is -2.14. The summed E-state index contributed by atoms with van der Waals surface area (Å²) in [5.41, 5.74) is 2.19. The lowest BCUT2D eigenvalue weighted by Gasteiger charge is -2.10. The first-order valence-electron chi connectivity index (χ1n) is 5.88. The molecular weight excluding hydrogens is 188 g/mol. The van der Waals surface area contributed by atoms with Crippen LogP contribution in [0.1, 0.15) is 44.5 Å². The SMILES string of the molecule is CCCCC(O)Cc1cc(C)nn1CC. The molecule has 1 unspecified atom stereocenters. The van der Waals surface area contributed by atoms with Crippen molar-refractivity contribution in [2.75, 3.05) is 0 Å². The summed E-state index contributed by atoms with van der Waals surface area (Å²) in [4.78, 5) is 0. The number of unbranched alkanes of at least 4 members (excludes halogenated alkanes) is 1. The van der Waals surface area contributed by atoms with E-state index < -0.39 is 0 Å². The Morgan fingerprint density at radius 3 is 2.80 bits per heavy atom. The third-order valence-corrected chi connectivity index (χ3v) is 2.62. The molecule has 15 heavy (non-hydrogen) atoms. The molecule has 0 saturated heterocycles. The predicted octanol–water partition coefficient (Wildman–Crippen LogP) is 2.31. The number of aliphatic hydroxyl groups is 1. The van der Waals surface area contributed by atoms with Gasteiger partial charge in [0, 0.05) is 18.7 Å². The maximum Gasteiger partial charge on any atom is 0.0596 e. The summed E-state index contributed by atoms with van der Waals surface area (Å²) < 4.78 is 1.98. The Labute approximate surface area is 92.1 Å². The minimum absolute atomic E-state index is 0.216. The summed E-state index contributed by atoms with van der Waals surface area (Å²) in [6.45, 7) is 7.10. The molecule has 0 saturated carbocycles. The number of nitrogens with zero attached hydrogens (tertiary/aromatic N) is 2. The van der Waals surface area contributed by atoms with Crippen LogP contribution < -0.4 is 0 Å². The fourth-order valence-electron chi connectivity index (χ4n) is 1.82. The molecule has 1 aromatic heterocycles. The van der Waals surface area contributed by atoms with Crippen molar-refractivity contribution in [2.24, 2.45) is 0 Å². The predicted molar refractivity (Wildman–Crippen MR) is 61.9 cm³/mol. The van der Waals surface area contributed by atoms with Crippen LogP contribution in [0.5, 0.6) is 0 Å². The number of aromatic nitrogens is 2. The first kappa shape index (κ1) is 12.2. The molecule has 0 radical (unpaired) electrons. The molecule has 0 bridgehead atoms. The Bertz CT molecular complexity index is 294. The number of rotatable bonds is 6. The smallest absolute Gasteiger partial charge is 0.0596 e. The maximum atomic E-state index is 9.82. The van der Waals surface area contributed by atoms with E-state index in [1.807, 2.05) is 11.6 Å². The molecule has 1 aromatic rings. The van der Waals surface area contributed by atoms with Gasteiger partial charge in [0.15, 0.2) is 0 Å². The van der Waals surface area contributed by atoms with Crippen LogP contribution in [0.2, 0.25) is 0 Å². The van der Waals surface area contributed by atoms with Gasteiger partial charge in [0.25, 0.3) is 0 Å². The van der Waals surface area contributed by atoms with E-state index in [2.05, 4.69) is 25.0 Å². The van der Waals surface area contributed by atoms with Crippen molar-refractivity contribution in [2.45, 2.75) is 59.1 Å². The van der Waals surface area contributed by atoms with Gasteiger partial charge in [-0.25, -0.2) is 0 Å². The van der Waals surface area contributed by atoms with Gasteiger partial charge in [0.05, 0.1) is 11.8 Å². The monoisotopic (exact) mass is 210 g/mol. The Morgan fingerprint density at radius 2 is 2.20 bits per heavy atom. The molecule has 0 fully saturated rings. The van der Waals surface area contributed by atoms with Gasteiger partial charge in [-0.05, 0) is 26.3 Å². The molecule has 0 amide bonds. The van der Waals surface area contributed by atoms with Crippen molar-refractivity contribution in [1.29, 1.82) is 0 Å². The second-order valence-electron chi connectivity index (χ2n) is 4.09. The van der Waals surface area contributed by atoms with Crippen LogP contribution in [-0.2, 0) is 13.0 Å². The standard InChI is InChI=1S/C12H22N2O/c1-4-6-7-12(15)9-11-8-10(3)13-14(11)5-2/h8,12,15H,4-7,9H2,1-3H3. The summed E-state index contributed by atoms with van der Waals surface area (Å²) >= 11 is 0. The van der Waals surface area contributed by atoms with Crippen LogP contribution in [0.4, 0.5) is 0 Å². The molecular formula is C12H22N2O. The van der Waals surface area contributed by atoms with E-state index in [0.29, 0.717) is 0 Å². The number of hydrogen-bond acceptors (Lipinski definition) is 2. The molecule has 0 aromatic carbocycles. The highest BCUT2D eigenvalue weighted by molar-refractivity contribution is 5.09. The van der Waals surface area contributed by atoms with Gasteiger partial charge in [-0.15, -0.1) is 0 Å². The van der Waals surface area contributed by atoms with Crippen molar-refractivity contribution in [3.63, 3.8) is 0 Å². The van der Waals surface area contributed by atoms with Crippen molar-refractivity contribution in [1.82, 2.24) is 9.78 Å². The summed E-state index contributed by atoms with van der Waals surface area (Å²) in [6.07, 6.45) is 3.65. The average Bonchev–Trinajstić information content (AvgIpc) is 2.55. The summed E-state index contributed by atoms with van der Waals surface area (Å²) in [6, 6.07) is 2.07. The molecule has 0 aliphatic carbocycles. The summed E-state index contributed by atoms with van der Waals surface area (Å²) in [7, 11) is 0. The third kappa shape index (κ3) is 3.67. The molecule has 3 nitrogen and oxygen atoms in total. The van der Waals surface area contributed by atoms with E-state index >= 15 is 0 Å². The first-order chi connectivity index (χ1) is 7.17. The van der Waals surface area contributed by atoms with E-state index in [-0.39, 0.29) is 6.10 Å². The van der Waals surface area contributed by atoms with E-state index in [4.69, 9.17) is 0 Å². The fraction of sp³-hybridized carbons (Fsp3) is 0.750. The summed E-state index contributed by atoms with van der Waals surface area (Å²) in [5, 5.41) is 14.2. The highest BCUT2D eigenvalue weighted by Gasteiger charge is 2.09. The van der Waals surface area contributed by atoms with Crippen LogP contribution in [0.25, 0.3) is 0 Å². The van der Waals surface area contributed by atoms with E-state index in [9.17, 15) is 5.11 Å². The lowest BCUT2D eigenvalue weighted by atomic mass is 10.1. The van der Waals surface area contributed by atoms with Crippen molar-refractivity contribution < 1.29 is 5.11 Å². The van der Waals surface area contributed by atoms with Gasteiger partial charge in [-0.1, -0.05) is 19.8 Å². The number of aryl methyl sites for hydroxylation is 2. The minimum atomic E-state index is -0.216. The maximum absolute atomic E-state index is 9.82. The largest absolute Gasteiger partial charge is 0.393 e. The highest BCUT2D eigenvalue weighted by atomic mass is 16.3. The van der Waals surface area contributed by atoms with E-state index in [0.717, 1.165) is 43.6 Å². The van der Waals surface area contributed by atoms with Crippen molar-refractivity contribution in [3.8, 4) is 0 Å². The van der Waals surface area contributed by atoms with Crippen LogP contribution in [0.15, 0.2) is 6.07 Å². The van der Waals surface area contributed by atoms with Gasteiger partial charge in [0.1, 0.15) is 0 Å². The lowest BCUT2D eigenvalue weighted by molar-refractivity contribution is 0.159. The quantitative estimate of drug-likeness (QED) is 0.782. The molecule has 0 aliphatic heterocycles. The molecule has 3 heteroatoms. The Kier molecular flexibility index (Phi) is 4.82. The average molecular weight is 210 g/mol. The van der Waals surface area contributed by atoms with Gasteiger partial charge >= 0.3 is 0 Å². The van der Waals surface area contributed by atoms with Crippen LogP contribution >= 0.6 is 0 Å². The third-order valence-electron chi connectivity index (χ3n) is 2.62. The zero-order valence-electron chi connectivity index (χ0n) is 10.0. The van der Waals surface area contributed by atoms with Gasteiger partial charge < -0.3 is 5.11 Å². The van der Waals surface area contributed by atoms with Crippen LogP contribution in [-0.4, -0.2) is 21.0 Å². The van der Waals surface area contributed by atoms with Gasteiger partial charge in [-0.3, -0.25) is 4.68 Å². The Morgan fingerprint density at radius 1 is 1.47 bits per heavy atom. The van der Waals surface area contributed by atoms with E-state index in [1.54, 1.807) is 0 Å². The second kappa shape index (κ2) is 5.91. The molecule has 1 rings (SSSR count). The molecule has 1 N–H and O–H groups in total. The number of aliphatic hydroxyl groups excluding tert-OH is 1. The van der Waals surface area contributed by atoms with Gasteiger partial charge in [-0.2, -0.15) is 5.10 Å². The Balaban J connectivity index is 2.54. The van der Waals surface area contributed by atoms with Crippen LogP contribution in [0, 0.1) is 6.92 Å². The topological polar surface area (TPSA) is 38.1 Å². The molecule has 0 spiro atoms. The molecule has 1 atom stereocenters. The first-order valence-corrected chi connectivity index (χ1v) is 5.88. The normalized spacial score (nSPS) is 13.1. The van der Waals surface area contributed by atoms with Crippen LogP contribution in [0.3, 0.4) is 0 Å². The van der Waals surface area contributed by atoms with Gasteiger partial charge in [0.2, 0.25) is 0 Å². The summed E-state index contributed by atoms with van der Waals surface area (Å²) in [5.74, 6) is 0. The zero-order chi connectivity index (χ0) is 11.3. The molecule has 86 valence electrons. The fourth-order valence-corrected chi connectivity index (χ4v) is 1.82. The van der Waals surface area contributed by atoms with E-state index in [1.165, 1.54) is 0 Å². The zero-order valence-corrected chi connectivity index (χ0v) is 10.0. The van der Waals surface area contributed by atoms with Crippen molar-refractivity contribution >= 4 is 0 Å². The number of hydrogen-bond donors (Lipinski definition) is 1. The van der Waals surface area contributed by atoms with Crippen molar-refractivity contribution in [3.05, 3.63) is 17.5 Å². The molecule has 1 heterocycles. The highest BCUT2D eigenvalue weighted by Crippen LogP contribution is 2.10.